The van der Waals surface area contributed by atoms with Crippen molar-refractivity contribution in [3.05, 3.63) is 46.7 Å². The van der Waals surface area contributed by atoms with E-state index < -0.39 is 0 Å². The Morgan fingerprint density at radius 2 is 2.00 bits per heavy atom. The van der Waals surface area contributed by atoms with Crippen LogP contribution < -0.4 is 20.1 Å². The molecule has 25 heavy (non-hydrogen) atoms. The van der Waals surface area contributed by atoms with Crippen molar-refractivity contribution < 1.29 is 9.47 Å². The molecule has 0 radical (unpaired) electrons. The lowest BCUT2D eigenvalue weighted by Gasteiger charge is -2.28. The molecule has 0 aliphatic carbocycles. The van der Waals surface area contributed by atoms with Gasteiger partial charge in [-0.3, -0.25) is 4.99 Å². The van der Waals surface area contributed by atoms with Crippen molar-refractivity contribution in [3.8, 4) is 11.5 Å². The molecule has 1 aromatic heterocycles. The van der Waals surface area contributed by atoms with Crippen LogP contribution in [0.3, 0.4) is 0 Å². The van der Waals surface area contributed by atoms with Gasteiger partial charge < -0.3 is 20.1 Å². The quantitative estimate of drug-likeness (QED) is 0.636. The van der Waals surface area contributed by atoms with Gasteiger partial charge >= 0.3 is 0 Å². The zero-order valence-electron chi connectivity index (χ0n) is 14.9. The highest BCUT2D eigenvalue weighted by Crippen LogP contribution is 2.30. The van der Waals surface area contributed by atoms with Crippen molar-refractivity contribution in [2.24, 2.45) is 4.99 Å². The fraction of sp³-hybridized carbons (Fsp3) is 0.421. The maximum Gasteiger partial charge on any atom is 0.191 e. The minimum absolute atomic E-state index is 0.0428. The maximum absolute atomic E-state index is 5.96. The predicted molar refractivity (Wildman–Crippen MR) is 103 cm³/mol. The van der Waals surface area contributed by atoms with Gasteiger partial charge in [0.15, 0.2) is 17.5 Å². The zero-order chi connectivity index (χ0) is 17.7. The highest BCUT2D eigenvalue weighted by molar-refractivity contribution is 7.10. The van der Waals surface area contributed by atoms with Crippen LogP contribution in [0.5, 0.6) is 11.5 Å². The maximum atomic E-state index is 5.96. The van der Waals surface area contributed by atoms with Crippen LogP contribution >= 0.6 is 11.3 Å². The van der Waals surface area contributed by atoms with Gasteiger partial charge in [-0.05, 0) is 23.6 Å². The molecule has 2 aromatic rings. The van der Waals surface area contributed by atoms with Crippen molar-refractivity contribution in [3.63, 3.8) is 0 Å². The van der Waals surface area contributed by atoms with E-state index in [4.69, 9.17) is 9.47 Å². The summed E-state index contributed by atoms with van der Waals surface area (Å²) in [5.74, 6) is 2.37. The number of benzene rings is 1. The van der Waals surface area contributed by atoms with Gasteiger partial charge in [-0.2, -0.15) is 0 Å². The van der Waals surface area contributed by atoms with Crippen molar-refractivity contribution in [1.29, 1.82) is 0 Å². The van der Waals surface area contributed by atoms with Crippen molar-refractivity contribution >= 4 is 17.3 Å². The third-order valence-electron chi connectivity index (χ3n) is 4.17. The second kappa shape index (κ2) is 7.78. The van der Waals surface area contributed by atoms with Gasteiger partial charge in [-0.25, -0.2) is 0 Å². The van der Waals surface area contributed by atoms with E-state index in [2.05, 4.69) is 47.0 Å². The van der Waals surface area contributed by atoms with Crippen LogP contribution in [0.2, 0.25) is 0 Å². The molecule has 5 nitrogen and oxygen atoms in total. The first-order chi connectivity index (χ1) is 12.1. The molecule has 1 aliphatic heterocycles. The third-order valence-corrected chi connectivity index (χ3v) is 5.41. The molecule has 0 amide bonds. The normalized spacial score (nSPS) is 17.2. The lowest BCUT2D eigenvalue weighted by molar-refractivity contribution is 0.0936. The number of ether oxygens (including phenoxy) is 2. The summed E-state index contributed by atoms with van der Waals surface area (Å²) in [6.45, 7) is 6.43. The third kappa shape index (κ3) is 4.45. The van der Waals surface area contributed by atoms with Gasteiger partial charge in [0.2, 0.25) is 0 Å². The van der Waals surface area contributed by atoms with Gasteiger partial charge in [0, 0.05) is 23.9 Å². The van der Waals surface area contributed by atoms with Crippen molar-refractivity contribution in [2.45, 2.75) is 25.4 Å². The number of hydrogen-bond donors (Lipinski definition) is 2. The Labute approximate surface area is 153 Å². The van der Waals surface area contributed by atoms with E-state index >= 15 is 0 Å². The van der Waals surface area contributed by atoms with Crippen LogP contribution in [0.4, 0.5) is 0 Å². The second-order valence-corrected chi connectivity index (χ2v) is 7.61. The van der Waals surface area contributed by atoms with E-state index in [-0.39, 0.29) is 11.5 Å². The Balaban J connectivity index is 1.49. The molecule has 134 valence electrons. The first kappa shape index (κ1) is 17.6. The summed E-state index contributed by atoms with van der Waals surface area (Å²) >= 11 is 1.78. The minimum Gasteiger partial charge on any atom is -0.486 e. The summed E-state index contributed by atoms with van der Waals surface area (Å²) in [6, 6.07) is 12.0. The largest absolute Gasteiger partial charge is 0.486 e. The number of aliphatic imine (C=N–C) groups is 1. The van der Waals surface area contributed by atoms with Crippen molar-refractivity contribution in [1.82, 2.24) is 10.6 Å². The summed E-state index contributed by atoms with van der Waals surface area (Å²) in [4.78, 5) is 5.66. The summed E-state index contributed by atoms with van der Waals surface area (Å²) in [5, 5.41) is 8.84. The lowest BCUT2D eigenvalue weighted by Crippen LogP contribution is -2.47. The van der Waals surface area contributed by atoms with Gasteiger partial charge in [0.25, 0.3) is 0 Å². The average Bonchev–Trinajstić information content (AvgIpc) is 3.17. The summed E-state index contributed by atoms with van der Waals surface area (Å²) in [5.41, 5.74) is 0.0508. The van der Waals surface area contributed by atoms with E-state index in [1.54, 1.807) is 18.4 Å². The van der Waals surface area contributed by atoms with Crippen LogP contribution in [-0.4, -0.2) is 38.8 Å². The topological polar surface area (TPSA) is 54.9 Å². The van der Waals surface area contributed by atoms with Crippen LogP contribution in [0.1, 0.15) is 18.7 Å². The van der Waals surface area contributed by atoms with Gasteiger partial charge in [-0.15, -0.1) is 11.3 Å². The Morgan fingerprint density at radius 3 is 2.72 bits per heavy atom. The molecular formula is C19H25N3O2S. The fourth-order valence-corrected chi connectivity index (χ4v) is 3.50. The van der Waals surface area contributed by atoms with E-state index in [1.807, 2.05) is 24.3 Å². The molecule has 1 atom stereocenters. The van der Waals surface area contributed by atoms with E-state index in [1.165, 1.54) is 4.88 Å². The molecule has 0 fully saturated rings. The number of guanidine groups is 1. The first-order valence-corrected chi connectivity index (χ1v) is 9.33. The lowest BCUT2D eigenvalue weighted by atomic mass is 9.91. The minimum atomic E-state index is -0.0428. The smallest absolute Gasteiger partial charge is 0.191 e. The fourth-order valence-electron chi connectivity index (χ4n) is 2.65. The summed E-state index contributed by atoms with van der Waals surface area (Å²) < 4.78 is 11.7. The number of hydrogen-bond acceptors (Lipinski definition) is 4. The predicted octanol–water partition coefficient (Wildman–Crippen LogP) is 3.03. The monoisotopic (exact) mass is 359 g/mol. The highest BCUT2D eigenvalue weighted by Gasteiger charge is 2.23. The van der Waals surface area contributed by atoms with Crippen LogP contribution in [-0.2, 0) is 5.41 Å². The van der Waals surface area contributed by atoms with Gasteiger partial charge in [-0.1, -0.05) is 32.0 Å². The Morgan fingerprint density at radius 1 is 1.20 bits per heavy atom. The Kier molecular flexibility index (Phi) is 5.48. The summed E-state index contributed by atoms with van der Waals surface area (Å²) in [7, 11) is 1.78. The van der Waals surface area contributed by atoms with Gasteiger partial charge in [0.1, 0.15) is 12.7 Å². The molecule has 0 saturated heterocycles. The number of para-hydroxylation sites is 2. The Hall–Kier alpha value is -2.21. The molecule has 0 bridgehead atoms. The first-order valence-electron chi connectivity index (χ1n) is 8.45. The van der Waals surface area contributed by atoms with E-state index in [0.29, 0.717) is 13.2 Å². The number of rotatable bonds is 5. The van der Waals surface area contributed by atoms with Crippen LogP contribution in [0, 0.1) is 0 Å². The standard InChI is InChI=1S/C19H25N3O2S/c1-19(2,17-9-6-10-25-17)13-22-18(20-3)21-11-14-12-23-15-7-4-5-8-16(15)24-14/h4-10,14H,11-13H2,1-3H3,(H2,20,21,22). The number of nitrogens with one attached hydrogen (secondary N) is 2. The molecule has 6 heteroatoms. The molecular weight excluding hydrogens is 334 g/mol. The molecule has 0 saturated carbocycles. The molecule has 2 heterocycles. The van der Waals surface area contributed by atoms with Crippen LogP contribution in [0.15, 0.2) is 46.8 Å². The highest BCUT2D eigenvalue weighted by atomic mass is 32.1. The molecule has 2 N–H and O–H groups in total. The molecule has 3 rings (SSSR count). The molecule has 0 spiro atoms. The van der Waals surface area contributed by atoms with Crippen LogP contribution in [0.25, 0.3) is 0 Å². The number of fused-ring (bicyclic) bond motifs is 1. The Bertz CT molecular complexity index is 713. The second-order valence-electron chi connectivity index (χ2n) is 6.67. The van der Waals surface area contributed by atoms with Gasteiger partial charge in [0.05, 0.1) is 6.54 Å². The van der Waals surface area contributed by atoms with E-state index in [9.17, 15) is 0 Å². The SMILES string of the molecule is CN=C(NCC1COc2ccccc2O1)NCC(C)(C)c1cccs1. The summed E-state index contributed by atoms with van der Waals surface area (Å²) in [6.07, 6.45) is -0.0428. The molecule has 1 unspecified atom stereocenters. The average molecular weight is 359 g/mol. The zero-order valence-corrected chi connectivity index (χ0v) is 15.7. The van der Waals surface area contributed by atoms with E-state index in [0.717, 1.165) is 24.0 Å². The molecule has 1 aliphatic rings. The molecule has 1 aromatic carbocycles. The number of nitrogens with zero attached hydrogens (tertiary/aromatic N) is 1. The number of thiophene rings is 1. The van der Waals surface area contributed by atoms with Crippen molar-refractivity contribution in [2.75, 3.05) is 26.7 Å².